The Labute approximate surface area is 213 Å². The Hall–Kier alpha value is -3.54. The summed E-state index contributed by atoms with van der Waals surface area (Å²) >= 11 is 0. The molecule has 3 heterocycles. The number of ether oxygens (including phenoxy) is 1. The molecule has 10 nitrogen and oxygen atoms in total. The first-order valence-electron chi connectivity index (χ1n) is 12.6. The Morgan fingerprint density at radius 2 is 1.84 bits per heavy atom. The minimum atomic E-state index is -2.78. The highest BCUT2D eigenvalue weighted by atomic mass is 19.3. The van der Waals surface area contributed by atoms with Gasteiger partial charge < -0.3 is 25.4 Å². The number of carboxylic acid groups (broad SMARTS) is 1. The van der Waals surface area contributed by atoms with Gasteiger partial charge in [-0.15, -0.1) is 0 Å². The smallest absolute Gasteiger partial charge is 0.404 e. The number of anilines is 2. The number of carbonyl (C=O) groups is 1. The fourth-order valence-electron chi connectivity index (χ4n) is 5.09. The summed E-state index contributed by atoms with van der Waals surface area (Å²) in [7, 11) is 0. The van der Waals surface area contributed by atoms with Crippen LogP contribution in [0.1, 0.15) is 43.5 Å². The normalized spacial score (nSPS) is 20.4. The number of hydrogen-bond acceptors (Lipinski definition) is 7. The molecule has 37 heavy (non-hydrogen) atoms. The van der Waals surface area contributed by atoms with Gasteiger partial charge in [-0.05, 0) is 56.2 Å². The Balaban J connectivity index is 1.44. The second kappa shape index (κ2) is 10.8. The SMILES string of the molecule is Cc1ccc2c(c1)nc(C(F)F)n2-c1cc(N2CCOCC2)nc(NCC2CCC(NC(=O)O)CC2)n1. The molecule has 2 aromatic heterocycles. The molecule has 12 heteroatoms. The Morgan fingerprint density at radius 1 is 1.11 bits per heavy atom. The van der Waals surface area contributed by atoms with Crippen LogP contribution >= 0.6 is 0 Å². The quantitative estimate of drug-likeness (QED) is 0.430. The van der Waals surface area contributed by atoms with Gasteiger partial charge in [-0.2, -0.15) is 9.97 Å². The number of halogens is 2. The van der Waals surface area contributed by atoms with E-state index in [1.165, 1.54) is 4.57 Å². The summed E-state index contributed by atoms with van der Waals surface area (Å²) in [6.07, 6.45) is -0.481. The fourth-order valence-corrected chi connectivity index (χ4v) is 5.09. The fraction of sp³-hybridized carbons (Fsp3) is 0.520. The molecule has 1 saturated heterocycles. The van der Waals surface area contributed by atoms with Crippen molar-refractivity contribution in [1.82, 2.24) is 24.8 Å². The van der Waals surface area contributed by atoms with Crippen LogP contribution in [0, 0.1) is 12.8 Å². The minimum absolute atomic E-state index is 0.0211. The molecule has 1 aromatic carbocycles. The lowest BCUT2D eigenvalue weighted by Gasteiger charge is -2.29. The number of hydrogen-bond donors (Lipinski definition) is 3. The minimum Gasteiger partial charge on any atom is -0.465 e. The van der Waals surface area contributed by atoms with E-state index in [2.05, 4.69) is 25.5 Å². The molecule has 0 atom stereocenters. The predicted molar refractivity (Wildman–Crippen MR) is 135 cm³/mol. The van der Waals surface area contributed by atoms with Gasteiger partial charge in [0.2, 0.25) is 5.95 Å². The van der Waals surface area contributed by atoms with E-state index in [1.807, 2.05) is 13.0 Å². The van der Waals surface area contributed by atoms with E-state index in [0.29, 0.717) is 67.4 Å². The molecule has 1 aliphatic heterocycles. The number of morpholine rings is 1. The molecule has 1 amide bonds. The van der Waals surface area contributed by atoms with Crippen LogP contribution < -0.4 is 15.5 Å². The van der Waals surface area contributed by atoms with Gasteiger partial charge in [0.05, 0.1) is 24.2 Å². The number of aromatic nitrogens is 4. The lowest BCUT2D eigenvalue weighted by atomic mass is 9.86. The summed E-state index contributed by atoms with van der Waals surface area (Å²) in [4.78, 5) is 26.5. The zero-order valence-corrected chi connectivity index (χ0v) is 20.7. The van der Waals surface area contributed by atoms with E-state index >= 15 is 0 Å². The van der Waals surface area contributed by atoms with Gasteiger partial charge in [0.1, 0.15) is 11.6 Å². The van der Waals surface area contributed by atoms with E-state index < -0.39 is 12.5 Å². The van der Waals surface area contributed by atoms with Crippen LogP contribution in [-0.2, 0) is 4.74 Å². The van der Waals surface area contributed by atoms with Gasteiger partial charge in [0.25, 0.3) is 6.43 Å². The maximum atomic E-state index is 14.1. The van der Waals surface area contributed by atoms with Crippen LogP contribution in [0.4, 0.5) is 25.3 Å². The number of rotatable bonds is 7. The molecule has 0 spiro atoms. The van der Waals surface area contributed by atoms with Crippen molar-refractivity contribution in [3.8, 4) is 5.82 Å². The first kappa shape index (κ1) is 25.1. The molecule has 5 rings (SSSR count). The van der Waals surface area contributed by atoms with Gasteiger partial charge >= 0.3 is 6.09 Å². The van der Waals surface area contributed by atoms with E-state index in [9.17, 15) is 13.6 Å². The molecule has 198 valence electrons. The average molecular weight is 516 g/mol. The summed E-state index contributed by atoms with van der Waals surface area (Å²) in [5, 5.41) is 14.8. The summed E-state index contributed by atoms with van der Waals surface area (Å²) in [6, 6.07) is 7.15. The topological polar surface area (TPSA) is 117 Å². The van der Waals surface area contributed by atoms with Crippen molar-refractivity contribution in [2.75, 3.05) is 43.1 Å². The van der Waals surface area contributed by atoms with Crippen LogP contribution in [-0.4, -0.2) is 69.6 Å². The molecule has 3 aromatic rings. The van der Waals surface area contributed by atoms with E-state index in [4.69, 9.17) is 14.8 Å². The molecule has 1 saturated carbocycles. The Bertz CT molecular complexity index is 1250. The molecule has 2 fully saturated rings. The van der Waals surface area contributed by atoms with Crippen LogP contribution in [0.3, 0.4) is 0 Å². The molecular weight excluding hydrogens is 484 g/mol. The van der Waals surface area contributed by atoms with Crippen molar-refractivity contribution in [1.29, 1.82) is 0 Å². The number of imidazole rings is 1. The molecule has 2 aliphatic rings. The van der Waals surface area contributed by atoms with E-state index in [1.54, 1.807) is 18.2 Å². The second-order valence-electron chi connectivity index (χ2n) is 9.65. The van der Waals surface area contributed by atoms with E-state index in [-0.39, 0.29) is 11.9 Å². The van der Waals surface area contributed by atoms with Crippen molar-refractivity contribution in [2.24, 2.45) is 5.92 Å². The standard InChI is InChI=1S/C25H31F2N7O3/c1-15-2-7-19-18(12-15)30-23(22(26)27)34(19)21-13-20(33-8-10-37-11-9-33)31-24(32-21)28-14-16-3-5-17(6-4-16)29-25(35)36/h2,7,12-13,16-17,22,29H,3-6,8-11,14H2,1H3,(H,35,36)(H,28,31,32). The zero-order chi connectivity index (χ0) is 25.9. The number of benzene rings is 1. The van der Waals surface area contributed by atoms with Crippen molar-refractivity contribution in [3.63, 3.8) is 0 Å². The van der Waals surface area contributed by atoms with Crippen LogP contribution in [0.15, 0.2) is 24.3 Å². The zero-order valence-electron chi connectivity index (χ0n) is 20.7. The number of aryl methyl sites for hydroxylation is 1. The average Bonchev–Trinajstić information content (AvgIpc) is 3.27. The molecule has 3 N–H and O–H groups in total. The number of nitrogens with zero attached hydrogens (tertiary/aromatic N) is 5. The lowest BCUT2D eigenvalue weighted by Crippen LogP contribution is -2.38. The highest BCUT2D eigenvalue weighted by molar-refractivity contribution is 5.79. The molecular formula is C25H31F2N7O3. The molecule has 0 unspecified atom stereocenters. The third-order valence-corrected chi connectivity index (χ3v) is 7.02. The van der Waals surface area contributed by atoms with Gasteiger partial charge in [0, 0.05) is 31.7 Å². The predicted octanol–water partition coefficient (Wildman–Crippen LogP) is 4.14. The highest BCUT2D eigenvalue weighted by Gasteiger charge is 2.25. The summed E-state index contributed by atoms with van der Waals surface area (Å²) in [6.45, 7) is 4.91. The van der Waals surface area contributed by atoms with Crippen LogP contribution in [0.5, 0.6) is 0 Å². The van der Waals surface area contributed by atoms with Gasteiger partial charge in [-0.25, -0.2) is 18.6 Å². The third-order valence-electron chi connectivity index (χ3n) is 7.02. The first-order chi connectivity index (χ1) is 17.9. The van der Waals surface area contributed by atoms with Gasteiger partial charge in [-0.3, -0.25) is 4.57 Å². The van der Waals surface area contributed by atoms with Crippen LogP contribution in [0.2, 0.25) is 0 Å². The summed E-state index contributed by atoms with van der Waals surface area (Å²) in [5.74, 6) is 1.30. The van der Waals surface area contributed by atoms with E-state index in [0.717, 1.165) is 31.2 Å². The maximum Gasteiger partial charge on any atom is 0.404 e. The lowest BCUT2D eigenvalue weighted by molar-refractivity contribution is 0.122. The maximum absolute atomic E-state index is 14.1. The number of nitrogens with one attached hydrogen (secondary N) is 2. The van der Waals surface area contributed by atoms with Crippen molar-refractivity contribution in [2.45, 2.75) is 45.1 Å². The monoisotopic (exact) mass is 515 g/mol. The van der Waals surface area contributed by atoms with Crippen molar-refractivity contribution in [3.05, 3.63) is 35.7 Å². The summed E-state index contributed by atoms with van der Waals surface area (Å²) < 4.78 is 35.1. The first-order valence-corrected chi connectivity index (χ1v) is 12.6. The number of alkyl halides is 2. The third kappa shape index (κ3) is 5.74. The molecule has 0 bridgehead atoms. The number of fused-ring (bicyclic) bond motifs is 1. The van der Waals surface area contributed by atoms with Gasteiger partial charge in [0.15, 0.2) is 5.82 Å². The van der Waals surface area contributed by atoms with Crippen molar-refractivity contribution < 1.29 is 23.4 Å². The largest absolute Gasteiger partial charge is 0.465 e. The molecule has 1 aliphatic carbocycles. The Kier molecular flexibility index (Phi) is 7.36. The second-order valence-corrected chi connectivity index (χ2v) is 9.65. The summed E-state index contributed by atoms with van der Waals surface area (Å²) in [5.41, 5.74) is 1.98. The van der Waals surface area contributed by atoms with Crippen LogP contribution in [0.25, 0.3) is 16.9 Å². The van der Waals surface area contributed by atoms with Gasteiger partial charge in [-0.1, -0.05) is 6.07 Å². The highest BCUT2D eigenvalue weighted by Crippen LogP contribution is 2.30. The molecule has 0 radical (unpaired) electrons. The number of amides is 1. The Morgan fingerprint density at radius 3 is 2.54 bits per heavy atom. The van der Waals surface area contributed by atoms with Crippen molar-refractivity contribution >= 4 is 28.9 Å².